The quantitative estimate of drug-likeness (QED) is 0.789. The van der Waals surface area contributed by atoms with Gasteiger partial charge in [0.2, 0.25) is 0 Å². The second-order valence-electron chi connectivity index (χ2n) is 4.80. The number of nitrogens with one attached hydrogen (secondary N) is 1. The number of benzene rings is 1. The maximum atomic E-state index is 13.6. The molecule has 0 aliphatic heterocycles. The Kier molecular flexibility index (Phi) is 4.37. The fourth-order valence-electron chi connectivity index (χ4n) is 2.54. The minimum Gasteiger partial charge on any atom is -0.382 e. The average Bonchev–Trinajstić information content (AvgIpc) is 2.58. The number of halogens is 1. The Labute approximate surface area is 102 Å². The van der Waals surface area contributed by atoms with E-state index in [1.165, 1.54) is 44.6 Å². The molecule has 1 saturated carbocycles. The molecular weight excluding hydrogens is 215 g/mol. The van der Waals surface area contributed by atoms with Gasteiger partial charge in [-0.25, -0.2) is 4.39 Å². The lowest BCUT2D eigenvalue weighted by Gasteiger charge is -2.20. The average molecular weight is 236 g/mol. The van der Waals surface area contributed by atoms with Crippen molar-refractivity contribution in [2.75, 3.05) is 5.32 Å². The van der Waals surface area contributed by atoms with Gasteiger partial charge in [-0.15, -0.1) is 0 Å². The van der Waals surface area contributed by atoms with Crippen LogP contribution in [0, 0.1) is 5.82 Å². The first-order valence-electron chi connectivity index (χ1n) is 6.55. The van der Waals surface area contributed by atoms with Gasteiger partial charge in [-0.2, -0.15) is 0 Å². The summed E-state index contributed by atoms with van der Waals surface area (Å²) in [5.41, 5.74) is 7.09. The highest BCUT2D eigenvalue weighted by atomic mass is 19.1. The van der Waals surface area contributed by atoms with Crippen LogP contribution in [0.3, 0.4) is 0 Å². The van der Waals surface area contributed by atoms with E-state index in [0.29, 0.717) is 11.6 Å². The van der Waals surface area contributed by atoms with Crippen molar-refractivity contribution in [2.45, 2.75) is 51.1 Å². The predicted octanol–water partition coefficient (Wildman–Crippen LogP) is 3.42. The fourth-order valence-corrected chi connectivity index (χ4v) is 2.54. The fraction of sp³-hybridized carbons (Fsp3) is 0.571. The molecule has 2 nitrogen and oxygen atoms in total. The number of anilines is 1. The summed E-state index contributed by atoms with van der Waals surface area (Å²) < 4.78 is 13.6. The van der Waals surface area contributed by atoms with E-state index in [2.05, 4.69) is 5.32 Å². The smallest absolute Gasteiger partial charge is 0.129 e. The molecular formula is C14H21FN2. The number of hydrogen-bond acceptors (Lipinski definition) is 2. The van der Waals surface area contributed by atoms with Crippen LogP contribution in [0.25, 0.3) is 0 Å². The molecule has 1 aliphatic rings. The molecule has 0 atom stereocenters. The zero-order valence-electron chi connectivity index (χ0n) is 10.2. The van der Waals surface area contributed by atoms with E-state index in [9.17, 15) is 4.39 Å². The molecule has 0 amide bonds. The zero-order valence-corrected chi connectivity index (χ0v) is 10.2. The minimum atomic E-state index is -0.203. The van der Waals surface area contributed by atoms with Crippen molar-refractivity contribution >= 4 is 5.69 Å². The van der Waals surface area contributed by atoms with Crippen LogP contribution in [0.2, 0.25) is 0 Å². The Morgan fingerprint density at radius 2 is 1.88 bits per heavy atom. The highest BCUT2D eigenvalue weighted by Gasteiger charge is 2.14. The van der Waals surface area contributed by atoms with Crippen LogP contribution in [-0.4, -0.2) is 6.04 Å². The van der Waals surface area contributed by atoms with Gasteiger partial charge in [-0.1, -0.05) is 31.7 Å². The summed E-state index contributed by atoms with van der Waals surface area (Å²) in [5, 5.41) is 3.46. The summed E-state index contributed by atoms with van der Waals surface area (Å²) in [6.07, 6.45) is 7.55. The first kappa shape index (κ1) is 12.4. The number of hydrogen-bond donors (Lipinski definition) is 2. The predicted molar refractivity (Wildman–Crippen MR) is 69.4 cm³/mol. The molecule has 0 heterocycles. The zero-order chi connectivity index (χ0) is 12.1. The third-order valence-electron chi connectivity index (χ3n) is 3.54. The van der Waals surface area contributed by atoms with Crippen LogP contribution in [0.1, 0.15) is 44.1 Å². The molecule has 1 aliphatic carbocycles. The minimum absolute atomic E-state index is 0.203. The van der Waals surface area contributed by atoms with Gasteiger partial charge in [0.1, 0.15) is 5.82 Å². The molecule has 0 unspecified atom stereocenters. The third kappa shape index (κ3) is 3.19. The number of rotatable bonds is 3. The highest BCUT2D eigenvalue weighted by Crippen LogP contribution is 2.24. The molecule has 3 heteroatoms. The van der Waals surface area contributed by atoms with Crippen molar-refractivity contribution in [3.8, 4) is 0 Å². The highest BCUT2D eigenvalue weighted by molar-refractivity contribution is 5.52. The molecule has 17 heavy (non-hydrogen) atoms. The molecule has 94 valence electrons. The molecule has 1 aromatic carbocycles. The maximum absolute atomic E-state index is 13.6. The molecule has 2 rings (SSSR count). The van der Waals surface area contributed by atoms with Gasteiger partial charge in [0.15, 0.2) is 0 Å². The lowest BCUT2D eigenvalue weighted by atomic mass is 10.1. The Morgan fingerprint density at radius 1 is 1.18 bits per heavy atom. The largest absolute Gasteiger partial charge is 0.382 e. The van der Waals surface area contributed by atoms with Crippen molar-refractivity contribution in [1.82, 2.24) is 0 Å². The molecule has 3 N–H and O–H groups in total. The van der Waals surface area contributed by atoms with Gasteiger partial charge >= 0.3 is 0 Å². The van der Waals surface area contributed by atoms with E-state index in [4.69, 9.17) is 5.73 Å². The van der Waals surface area contributed by atoms with Gasteiger partial charge in [-0.05, 0) is 25.0 Å². The van der Waals surface area contributed by atoms with Crippen LogP contribution in [0.5, 0.6) is 0 Å². The van der Waals surface area contributed by atoms with E-state index in [1.54, 1.807) is 6.07 Å². The molecule has 0 spiro atoms. The van der Waals surface area contributed by atoms with Gasteiger partial charge < -0.3 is 11.1 Å². The number of nitrogens with two attached hydrogens (primary N) is 1. The van der Waals surface area contributed by atoms with E-state index in [-0.39, 0.29) is 12.4 Å². The topological polar surface area (TPSA) is 38.0 Å². The van der Waals surface area contributed by atoms with E-state index >= 15 is 0 Å². The Bertz CT molecular complexity index is 357. The molecule has 0 radical (unpaired) electrons. The van der Waals surface area contributed by atoms with Crippen LogP contribution >= 0.6 is 0 Å². The summed E-state index contributed by atoms with van der Waals surface area (Å²) in [5.74, 6) is -0.203. The SMILES string of the molecule is NCc1c(F)cccc1NC1CCCCCC1. The third-order valence-corrected chi connectivity index (χ3v) is 3.54. The molecule has 0 aromatic heterocycles. The standard InChI is InChI=1S/C14H21FN2/c15-13-8-5-9-14(12(13)10-16)17-11-6-3-1-2-4-7-11/h5,8-9,11,17H,1-4,6-7,10,16H2. The van der Waals surface area contributed by atoms with Crippen molar-refractivity contribution in [3.63, 3.8) is 0 Å². The van der Waals surface area contributed by atoms with E-state index in [0.717, 1.165) is 5.69 Å². The van der Waals surface area contributed by atoms with Crippen LogP contribution in [0.15, 0.2) is 18.2 Å². The van der Waals surface area contributed by atoms with E-state index < -0.39 is 0 Å². The summed E-state index contributed by atoms with van der Waals surface area (Å²) >= 11 is 0. The van der Waals surface area contributed by atoms with Gasteiger partial charge in [-0.3, -0.25) is 0 Å². The Balaban J connectivity index is 2.09. The lowest BCUT2D eigenvalue weighted by Crippen LogP contribution is -2.20. The van der Waals surface area contributed by atoms with Gasteiger partial charge in [0, 0.05) is 23.8 Å². The van der Waals surface area contributed by atoms with Gasteiger partial charge in [0.05, 0.1) is 0 Å². The van der Waals surface area contributed by atoms with E-state index in [1.807, 2.05) is 6.07 Å². The lowest BCUT2D eigenvalue weighted by molar-refractivity contribution is 0.601. The Morgan fingerprint density at radius 3 is 2.53 bits per heavy atom. The van der Waals surface area contributed by atoms with Crippen LogP contribution < -0.4 is 11.1 Å². The monoisotopic (exact) mass is 236 g/mol. The Hall–Kier alpha value is -1.09. The van der Waals surface area contributed by atoms with Crippen LogP contribution in [0.4, 0.5) is 10.1 Å². The summed E-state index contributed by atoms with van der Waals surface area (Å²) in [7, 11) is 0. The van der Waals surface area contributed by atoms with Crippen molar-refractivity contribution in [2.24, 2.45) is 5.73 Å². The second kappa shape index (κ2) is 6.01. The first-order valence-corrected chi connectivity index (χ1v) is 6.55. The van der Waals surface area contributed by atoms with Gasteiger partial charge in [0.25, 0.3) is 0 Å². The van der Waals surface area contributed by atoms with Crippen molar-refractivity contribution in [1.29, 1.82) is 0 Å². The molecule has 0 bridgehead atoms. The van der Waals surface area contributed by atoms with Crippen molar-refractivity contribution < 1.29 is 4.39 Å². The maximum Gasteiger partial charge on any atom is 0.129 e. The normalized spacial score (nSPS) is 17.8. The second-order valence-corrected chi connectivity index (χ2v) is 4.80. The molecule has 0 saturated heterocycles. The van der Waals surface area contributed by atoms with Crippen LogP contribution in [-0.2, 0) is 6.54 Å². The summed E-state index contributed by atoms with van der Waals surface area (Å²) in [6, 6.07) is 5.62. The summed E-state index contributed by atoms with van der Waals surface area (Å²) in [4.78, 5) is 0. The first-order chi connectivity index (χ1) is 8.31. The molecule has 1 fully saturated rings. The van der Waals surface area contributed by atoms with Crippen molar-refractivity contribution in [3.05, 3.63) is 29.6 Å². The molecule has 1 aromatic rings. The summed E-state index contributed by atoms with van der Waals surface area (Å²) in [6.45, 7) is 0.252.